The van der Waals surface area contributed by atoms with Crippen molar-refractivity contribution in [2.75, 3.05) is 6.61 Å². The van der Waals surface area contributed by atoms with E-state index in [2.05, 4.69) is 18.8 Å². The molecule has 0 spiro atoms. The van der Waals surface area contributed by atoms with Crippen molar-refractivity contribution >= 4 is 0 Å². The van der Waals surface area contributed by atoms with Gasteiger partial charge in [-0.2, -0.15) is 0 Å². The maximum absolute atomic E-state index is 9.77. The van der Waals surface area contributed by atoms with Crippen LogP contribution in [0.2, 0.25) is 0 Å². The van der Waals surface area contributed by atoms with E-state index in [4.69, 9.17) is 10.5 Å². The van der Waals surface area contributed by atoms with Gasteiger partial charge < -0.3 is 15.6 Å². The van der Waals surface area contributed by atoms with E-state index >= 15 is 0 Å². The summed E-state index contributed by atoms with van der Waals surface area (Å²) in [6.45, 7) is 8.73. The Hall–Kier alpha value is -1.81. The number of rotatable bonds is 8. The summed E-state index contributed by atoms with van der Waals surface area (Å²) in [4.78, 5) is 4.32. The summed E-state index contributed by atoms with van der Waals surface area (Å²) in [6, 6.07) is 3.93. The van der Waals surface area contributed by atoms with Gasteiger partial charge in [-0.1, -0.05) is 39.8 Å². The standard InChI is InChI=1S/C18H28N2O2/c1-5-17(21)10-15(8-9-19)14(4)12-22-18-7-6-16(11-20-18)13(2)3/h6-11,13-14,17,21H,5,12,19H2,1-4H3/b9-8-,15-10+. The fraction of sp³-hybridized carbons (Fsp3) is 0.500. The smallest absolute Gasteiger partial charge is 0.213 e. The summed E-state index contributed by atoms with van der Waals surface area (Å²) in [6.07, 6.45) is 7.18. The van der Waals surface area contributed by atoms with Gasteiger partial charge in [0, 0.05) is 18.2 Å². The molecule has 1 heterocycles. The van der Waals surface area contributed by atoms with E-state index in [1.165, 1.54) is 11.8 Å². The average molecular weight is 304 g/mol. The van der Waals surface area contributed by atoms with Crippen molar-refractivity contribution in [1.29, 1.82) is 0 Å². The van der Waals surface area contributed by atoms with Crippen LogP contribution in [0.15, 0.2) is 42.3 Å². The molecule has 1 aromatic rings. The van der Waals surface area contributed by atoms with Gasteiger partial charge >= 0.3 is 0 Å². The maximum Gasteiger partial charge on any atom is 0.213 e. The molecular formula is C18H28N2O2. The van der Waals surface area contributed by atoms with E-state index in [0.717, 1.165) is 5.57 Å². The van der Waals surface area contributed by atoms with Crippen LogP contribution in [0.1, 0.15) is 45.6 Å². The van der Waals surface area contributed by atoms with Crippen LogP contribution in [-0.2, 0) is 0 Å². The number of hydrogen-bond acceptors (Lipinski definition) is 4. The molecule has 4 heteroatoms. The number of hydrogen-bond donors (Lipinski definition) is 2. The normalized spacial score (nSPS) is 15.3. The zero-order valence-electron chi connectivity index (χ0n) is 14.0. The quantitative estimate of drug-likeness (QED) is 0.722. The molecule has 0 saturated heterocycles. The second-order valence-corrected chi connectivity index (χ2v) is 5.80. The van der Waals surface area contributed by atoms with Crippen molar-refractivity contribution in [3.05, 3.63) is 47.8 Å². The minimum Gasteiger partial charge on any atom is -0.477 e. The first-order chi connectivity index (χ1) is 10.5. The number of aliphatic hydroxyl groups excluding tert-OH is 1. The second-order valence-electron chi connectivity index (χ2n) is 5.80. The lowest BCUT2D eigenvalue weighted by Crippen LogP contribution is -2.13. The summed E-state index contributed by atoms with van der Waals surface area (Å²) in [5.41, 5.74) is 7.64. The molecule has 22 heavy (non-hydrogen) atoms. The Labute approximate surface area is 133 Å². The highest BCUT2D eigenvalue weighted by Gasteiger charge is 2.10. The average Bonchev–Trinajstić information content (AvgIpc) is 2.52. The topological polar surface area (TPSA) is 68.4 Å². The van der Waals surface area contributed by atoms with Gasteiger partial charge in [0.15, 0.2) is 0 Å². The van der Waals surface area contributed by atoms with Crippen LogP contribution >= 0.6 is 0 Å². The molecule has 0 aliphatic heterocycles. The molecule has 3 N–H and O–H groups in total. The third kappa shape index (κ3) is 5.90. The van der Waals surface area contributed by atoms with Crippen molar-refractivity contribution in [2.24, 2.45) is 11.7 Å². The van der Waals surface area contributed by atoms with E-state index in [1.807, 2.05) is 44.3 Å². The lowest BCUT2D eigenvalue weighted by molar-refractivity contribution is 0.216. The van der Waals surface area contributed by atoms with Crippen LogP contribution < -0.4 is 10.5 Å². The maximum atomic E-state index is 9.77. The molecule has 4 nitrogen and oxygen atoms in total. The number of ether oxygens (including phenoxy) is 1. The summed E-state index contributed by atoms with van der Waals surface area (Å²) in [5, 5.41) is 9.77. The molecule has 0 aromatic carbocycles. The Morgan fingerprint density at radius 2 is 2.09 bits per heavy atom. The minimum absolute atomic E-state index is 0.118. The first-order valence-corrected chi connectivity index (χ1v) is 7.84. The molecule has 0 radical (unpaired) electrons. The van der Waals surface area contributed by atoms with Crippen LogP contribution in [0, 0.1) is 5.92 Å². The highest BCUT2D eigenvalue weighted by atomic mass is 16.5. The molecule has 0 fully saturated rings. The van der Waals surface area contributed by atoms with E-state index in [0.29, 0.717) is 24.8 Å². The summed E-state index contributed by atoms with van der Waals surface area (Å²) in [5.74, 6) is 1.19. The van der Waals surface area contributed by atoms with Crippen LogP contribution in [0.25, 0.3) is 0 Å². The zero-order valence-corrected chi connectivity index (χ0v) is 14.0. The molecular weight excluding hydrogens is 276 g/mol. The van der Waals surface area contributed by atoms with Crippen molar-refractivity contribution in [1.82, 2.24) is 4.98 Å². The lowest BCUT2D eigenvalue weighted by Gasteiger charge is -2.16. The molecule has 1 rings (SSSR count). The summed E-state index contributed by atoms with van der Waals surface area (Å²) >= 11 is 0. The number of aromatic nitrogens is 1. The SMILES string of the molecule is CCC(O)/C=C(\C=C/N)C(C)COc1ccc(C(C)C)cn1. The number of allylic oxidation sites excluding steroid dienone is 1. The van der Waals surface area contributed by atoms with Crippen molar-refractivity contribution < 1.29 is 9.84 Å². The Balaban J connectivity index is 2.66. The van der Waals surface area contributed by atoms with Gasteiger partial charge in [-0.25, -0.2) is 4.98 Å². The first kappa shape index (κ1) is 18.2. The molecule has 0 aliphatic carbocycles. The third-order valence-corrected chi connectivity index (χ3v) is 3.57. The van der Waals surface area contributed by atoms with Gasteiger partial charge in [0.05, 0.1) is 12.7 Å². The largest absolute Gasteiger partial charge is 0.477 e. The Bertz CT molecular complexity index is 492. The predicted octanol–water partition coefficient (Wildman–Crippen LogP) is 3.39. The monoisotopic (exact) mass is 304 g/mol. The molecule has 2 atom stereocenters. The molecule has 0 aliphatic rings. The molecule has 2 unspecified atom stereocenters. The van der Waals surface area contributed by atoms with Crippen LogP contribution in [-0.4, -0.2) is 22.8 Å². The fourth-order valence-electron chi connectivity index (χ4n) is 1.96. The van der Waals surface area contributed by atoms with Gasteiger partial charge in [0.1, 0.15) is 0 Å². The molecule has 0 bridgehead atoms. The Kier molecular flexibility index (Phi) is 7.67. The molecule has 122 valence electrons. The lowest BCUT2D eigenvalue weighted by atomic mass is 9.99. The predicted molar refractivity (Wildman–Crippen MR) is 90.7 cm³/mol. The molecule has 0 amide bonds. The van der Waals surface area contributed by atoms with E-state index in [9.17, 15) is 5.11 Å². The number of aliphatic hydroxyl groups is 1. The van der Waals surface area contributed by atoms with Gasteiger partial charge in [-0.05, 0) is 35.8 Å². The Morgan fingerprint density at radius 3 is 2.59 bits per heavy atom. The van der Waals surface area contributed by atoms with E-state index in [1.54, 1.807) is 0 Å². The molecule has 1 aromatic heterocycles. The van der Waals surface area contributed by atoms with Gasteiger partial charge in [-0.3, -0.25) is 0 Å². The van der Waals surface area contributed by atoms with Crippen molar-refractivity contribution in [2.45, 2.75) is 46.1 Å². The van der Waals surface area contributed by atoms with Gasteiger partial charge in [0.2, 0.25) is 5.88 Å². The summed E-state index contributed by atoms with van der Waals surface area (Å²) < 4.78 is 5.74. The third-order valence-electron chi connectivity index (χ3n) is 3.57. The Morgan fingerprint density at radius 1 is 1.36 bits per heavy atom. The summed E-state index contributed by atoms with van der Waals surface area (Å²) in [7, 11) is 0. The second kappa shape index (κ2) is 9.26. The van der Waals surface area contributed by atoms with Gasteiger partial charge in [-0.15, -0.1) is 0 Å². The van der Waals surface area contributed by atoms with E-state index in [-0.39, 0.29) is 5.92 Å². The highest BCUT2D eigenvalue weighted by Crippen LogP contribution is 2.18. The first-order valence-electron chi connectivity index (χ1n) is 7.84. The van der Waals surface area contributed by atoms with Crippen LogP contribution in [0.4, 0.5) is 0 Å². The number of nitrogens with two attached hydrogens (primary N) is 1. The van der Waals surface area contributed by atoms with Crippen molar-refractivity contribution in [3.8, 4) is 5.88 Å². The highest BCUT2D eigenvalue weighted by molar-refractivity contribution is 5.23. The van der Waals surface area contributed by atoms with Crippen molar-refractivity contribution in [3.63, 3.8) is 0 Å². The zero-order chi connectivity index (χ0) is 16.5. The number of nitrogens with zero attached hydrogens (tertiary/aromatic N) is 1. The number of pyridine rings is 1. The molecule has 0 saturated carbocycles. The minimum atomic E-state index is -0.461. The van der Waals surface area contributed by atoms with E-state index < -0.39 is 6.10 Å². The van der Waals surface area contributed by atoms with Crippen LogP contribution in [0.5, 0.6) is 5.88 Å². The fourth-order valence-corrected chi connectivity index (χ4v) is 1.96. The van der Waals surface area contributed by atoms with Crippen LogP contribution in [0.3, 0.4) is 0 Å². The van der Waals surface area contributed by atoms with Gasteiger partial charge in [0.25, 0.3) is 0 Å².